The lowest BCUT2D eigenvalue weighted by molar-refractivity contribution is -0.142. The Balaban J connectivity index is 1.38. The summed E-state index contributed by atoms with van der Waals surface area (Å²) >= 11 is 1.23. The van der Waals surface area contributed by atoms with Crippen molar-refractivity contribution in [1.29, 1.82) is 0 Å². The second-order valence-electron chi connectivity index (χ2n) is 8.10. The SMILES string of the molecule is CN(C)C1CCN(c2ccc3cc(C(=O)Nc4cnn5c(C(F)(F)F)ccnc45)sc3n2)C1. The quantitative estimate of drug-likeness (QED) is 0.485. The number of carbonyl (C=O) groups is 1. The number of likely N-dealkylation sites (N-methyl/N-ethyl adjacent to an activating group) is 1. The summed E-state index contributed by atoms with van der Waals surface area (Å²) in [6, 6.07) is 6.91. The molecule has 12 heteroatoms. The van der Waals surface area contributed by atoms with Gasteiger partial charge in [0.2, 0.25) is 0 Å². The number of fused-ring (bicyclic) bond motifs is 2. The van der Waals surface area contributed by atoms with Crippen LogP contribution in [-0.4, -0.2) is 63.6 Å². The predicted octanol–water partition coefficient (Wildman–Crippen LogP) is 3.75. The molecule has 1 amide bonds. The first-order valence-corrected chi connectivity index (χ1v) is 11.1. The van der Waals surface area contributed by atoms with Crippen LogP contribution in [0, 0.1) is 0 Å². The number of carbonyl (C=O) groups excluding carboxylic acids is 1. The van der Waals surface area contributed by atoms with Crippen molar-refractivity contribution < 1.29 is 18.0 Å². The molecule has 1 saturated heterocycles. The lowest BCUT2D eigenvalue weighted by Crippen LogP contribution is -2.31. The fourth-order valence-corrected chi connectivity index (χ4v) is 4.87. The third-order valence-electron chi connectivity index (χ3n) is 5.75. The largest absolute Gasteiger partial charge is 0.433 e. The lowest BCUT2D eigenvalue weighted by Gasteiger charge is -2.21. The molecule has 33 heavy (non-hydrogen) atoms. The highest BCUT2D eigenvalue weighted by Crippen LogP contribution is 2.31. The molecule has 4 aromatic rings. The third kappa shape index (κ3) is 4.00. The van der Waals surface area contributed by atoms with Gasteiger partial charge in [-0.2, -0.15) is 18.3 Å². The van der Waals surface area contributed by atoms with E-state index < -0.39 is 17.8 Å². The number of hydrogen-bond donors (Lipinski definition) is 1. The van der Waals surface area contributed by atoms with E-state index in [-0.39, 0.29) is 11.3 Å². The van der Waals surface area contributed by atoms with E-state index in [9.17, 15) is 18.0 Å². The minimum atomic E-state index is -4.59. The van der Waals surface area contributed by atoms with Gasteiger partial charge in [-0.3, -0.25) is 4.79 Å². The van der Waals surface area contributed by atoms with Gasteiger partial charge in [-0.25, -0.2) is 14.5 Å². The molecule has 8 nitrogen and oxygen atoms in total. The van der Waals surface area contributed by atoms with Crippen molar-refractivity contribution in [1.82, 2.24) is 24.5 Å². The van der Waals surface area contributed by atoms with E-state index in [4.69, 9.17) is 4.98 Å². The van der Waals surface area contributed by atoms with Gasteiger partial charge < -0.3 is 15.1 Å². The van der Waals surface area contributed by atoms with Gasteiger partial charge in [0.05, 0.1) is 11.1 Å². The Labute approximate surface area is 190 Å². The van der Waals surface area contributed by atoms with Gasteiger partial charge in [-0.15, -0.1) is 11.3 Å². The second-order valence-corrected chi connectivity index (χ2v) is 9.13. The minimum absolute atomic E-state index is 0.0795. The van der Waals surface area contributed by atoms with Crippen molar-refractivity contribution >= 4 is 44.6 Å². The topological polar surface area (TPSA) is 78.7 Å². The van der Waals surface area contributed by atoms with Crippen molar-refractivity contribution in [3.8, 4) is 0 Å². The van der Waals surface area contributed by atoms with Crippen LogP contribution in [0.4, 0.5) is 24.7 Å². The summed E-state index contributed by atoms with van der Waals surface area (Å²) < 4.78 is 40.2. The van der Waals surface area contributed by atoms with Gasteiger partial charge in [-0.1, -0.05) is 0 Å². The summed E-state index contributed by atoms with van der Waals surface area (Å²) in [5, 5.41) is 7.20. The fourth-order valence-electron chi connectivity index (χ4n) is 3.95. The summed E-state index contributed by atoms with van der Waals surface area (Å²) in [4.78, 5) is 27.1. The van der Waals surface area contributed by atoms with Gasteiger partial charge in [0, 0.05) is 30.7 Å². The number of alkyl halides is 3. The van der Waals surface area contributed by atoms with Crippen molar-refractivity contribution in [2.75, 3.05) is 37.4 Å². The van der Waals surface area contributed by atoms with Crippen LogP contribution in [-0.2, 0) is 6.18 Å². The van der Waals surface area contributed by atoms with E-state index in [0.717, 1.165) is 54.0 Å². The molecule has 0 bridgehead atoms. The molecule has 1 N–H and O–H groups in total. The number of pyridine rings is 1. The number of rotatable bonds is 4. The molecule has 1 fully saturated rings. The average molecular weight is 476 g/mol. The summed E-state index contributed by atoms with van der Waals surface area (Å²) in [5.41, 5.74) is -0.946. The van der Waals surface area contributed by atoms with Crippen molar-refractivity contribution in [2.24, 2.45) is 0 Å². The number of nitrogens with zero attached hydrogens (tertiary/aromatic N) is 6. The van der Waals surface area contributed by atoms with Gasteiger partial charge in [0.25, 0.3) is 5.91 Å². The maximum atomic E-state index is 13.2. The molecule has 0 spiro atoms. The molecule has 5 rings (SSSR count). The number of hydrogen-bond acceptors (Lipinski definition) is 7. The van der Waals surface area contributed by atoms with Gasteiger partial charge >= 0.3 is 6.18 Å². The minimum Gasteiger partial charge on any atom is -0.355 e. The normalized spacial score (nSPS) is 16.9. The number of amides is 1. The lowest BCUT2D eigenvalue weighted by atomic mass is 10.2. The highest BCUT2D eigenvalue weighted by molar-refractivity contribution is 7.20. The highest BCUT2D eigenvalue weighted by atomic mass is 32.1. The Bertz CT molecular complexity index is 1350. The van der Waals surface area contributed by atoms with Crippen LogP contribution in [0.3, 0.4) is 0 Å². The molecule has 0 radical (unpaired) electrons. The molecule has 172 valence electrons. The van der Waals surface area contributed by atoms with Crippen LogP contribution >= 0.6 is 11.3 Å². The smallest absolute Gasteiger partial charge is 0.355 e. The predicted molar refractivity (Wildman–Crippen MR) is 120 cm³/mol. The maximum Gasteiger partial charge on any atom is 0.433 e. The van der Waals surface area contributed by atoms with E-state index in [0.29, 0.717) is 15.4 Å². The van der Waals surface area contributed by atoms with Gasteiger partial charge in [-0.05, 0) is 44.8 Å². The Kier molecular flexibility index (Phi) is 5.20. The van der Waals surface area contributed by atoms with Crippen LogP contribution in [0.25, 0.3) is 15.9 Å². The third-order valence-corrected chi connectivity index (χ3v) is 6.79. The van der Waals surface area contributed by atoms with E-state index in [1.54, 1.807) is 6.07 Å². The van der Waals surface area contributed by atoms with E-state index in [1.807, 2.05) is 12.1 Å². The van der Waals surface area contributed by atoms with Gasteiger partial charge in [0.15, 0.2) is 5.65 Å². The van der Waals surface area contributed by atoms with E-state index >= 15 is 0 Å². The number of halogens is 3. The van der Waals surface area contributed by atoms with Crippen molar-refractivity contribution in [3.63, 3.8) is 0 Å². The molecule has 1 unspecified atom stereocenters. The van der Waals surface area contributed by atoms with Crippen molar-refractivity contribution in [3.05, 3.63) is 47.2 Å². The average Bonchev–Trinajstić information content (AvgIpc) is 3.50. The monoisotopic (exact) mass is 475 g/mol. The zero-order valence-corrected chi connectivity index (χ0v) is 18.6. The number of nitrogens with one attached hydrogen (secondary N) is 1. The summed E-state index contributed by atoms with van der Waals surface area (Å²) in [6.07, 6.45) is -1.33. The Morgan fingerprint density at radius 1 is 1.27 bits per heavy atom. The first-order chi connectivity index (χ1) is 15.7. The first kappa shape index (κ1) is 21.6. The summed E-state index contributed by atoms with van der Waals surface area (Å²) in [5.74, 6) is 0.412. The van der Waals surface area contributed by atoms with E-state index in [1.165, 1.54) is 11.3 Å². The maximum absolute atomic E-state index is 13.2. The van der Waals surface area contributed by atoms with Crippen molar-refractivity contribution in [2.45, 2.75) is 18.6 Å². The molecule has 1 aliphatic heterocycles. The molecule has 0 aromatic carbocycles. The van der Waals surface area contributed by atoms with Gasteiger partial charge in [0.1, 0.15) is 22.0 Å². The molecule has 0 saturated carbocycles. The first-order valence-electron chi connectivity index (χ1n) is 10.2. The van der Waals surface area contributed by atoms with Crippen LogP contribution < -0.4 is 10.2 Å². The summed E-state index contributed by atoms with van der Waals surface area (Å²) in [6.45, 7) is 1.81. The Morgan fingerprint density at radius 3 is 2.82 bits per heavy atom. The fraction of sp³-hybridized carbons (Fsp3) is 0.333. The molecule has 0 aliphatic carbocycles. The van der Waals surface area contributed by atoms with Crippen LogP contribution in [0.2, 0.25) is 0 Å². The van der Waals surface area contributed by atoms with Crippen LogP contribution in [0.5, 0.6) is 0 Å². The molecule has 1 atom stereocenters. The molecule has 4 aromatic heterocycles. The Morgan fingerprint density at radius 2 is 2.09 bits per heavy atom. The summed E-state index contributed by atoms with van der Waals surface area (Å²) in [7, 11) is 4.14. The molecule has 1 aliphatic rings. The van der Waals surface area contributed by atoms with Crippen LogP contribution in [0.1, 0.15) is 21.8 Å². The Hall–Kier alpha value is -3.25. The van der Waals surface area contributed by atoms with Crippen LogP contribution in [0.15, 0.2) is 36.7 Å². The second kappa shape index (κ2) is 7.96. The number of aromatic nitrogens is 4. The number of thiophene rings is 1. The van der Waals surface area contributed by atoms with E-state index in [2.05, 4.69) is 39.3 Å². The number of anilines is 2. The molecular formula is C21H20F3N7OS. The highest BCUT2D eigenvalue weighted by Gasteiger charge is 2.34. The molecule has 5 heterocycles. The standard InChI is InChI=1S/C21H20F3N7OS/c1-29(2)13-6-8-30(11-13)17-4-3-12-9-15(33-20(12)28-17)19(32)27-14-10-26-31-16(21(22,23)24)5-7-25-18(14)31/h3-5,7,9-10,13H,6,8,11H2,1-2H3,(H,27,32). The zero-order valence-electron chi connectivity index (χ0n) is 17.8. The molecular weight excluding hydrogens is 455 g/mol. The zero-order chi connectivity index (χ0) is 23.3.